The second kappa shape index (κ2) is 12.5. The fourth-order valence-corrected chi connectivity index (χ4v) is 5.18. The summed E-state index contributed by atoms with van der Waals surface area (Å²) in [5.74, 6) is 1.21. The zero-order valence-electron chi connectivity index (χ0n) is 23.7. The number of hydrogen-bond acceptors (Lipinski definition) is 9. The maximum Gasteiger partial charge on any atom is 0.247 e. The van der Waals surface area contributed by atoms with Crippen molar-refractivity contribution in [2.24, 2.45) is 0 Å². The van der Waals surface area contributed by atoms with Crippen LogP contribution in [0.15, 0.2) is 55.4 Å². The Morgan fingerprint density at radius 1 is 1.20 bits per heavy atom. The van der Waals surface area contributed by atoms with E-state index in [1.54, 1.807) is 31.2 Å². The van der Waals surface area contributed by atoms with Crippen molar-refractivity contribution in [3.63, 3.8) is 0 Å². The molecule has 0 saturated carbocycles. The number of hydroxylamine groups is 1. The first-order chi connectivity index (χ1) is 19.9. The molecule has 2 aliphatic heterocycles. The van der Waals surface area contributed by atoms with E-state index in [0.717, 1.165) is 43.9 Å². The number of amides is 1. The third-order valence-electron chi connectivity index (χ3n) is 7.59. The number of hydrogen-bond donors (Lipinski definition) is 2. The van der Waals surface area contributed by atoms with Crippen LogP contribution >= 0.6 is 0 Å². The first kappa shape index (κ1) is 28.3. The average Bonchev–Trinajstić information content (AvgIpc) is 3.44. The number of likely N-dealkylation sites (N-methyl/N-ethyl adjacent to an activating group) is 1. The van der Waals surface area contributed by atoms with Gasteiger partial charge in [0.2, 0.25) is 5.91 Å². The van der Waals surface area contributed by atoms with Gasteiger partial charge in [0.05, 0.1) is 36.8 Å². The fraction of sp³-hybridized carbons (Fsp3) is 0.367. The van der Waals surface area contributed by atoms with Gasteiger partial charge in [0.25, 0.3) is 0 Å². The highest BCUT2D eigenvalue weighted by Gasteiger charge is 2.29. The molecule has 5 rings (SSSR count). The first-order valence-corrected chi connectivity index (χ1v) is 13.7. The van der Waals surface area contributed by atoms with Gasteiger partial charge in [0.1, 0.15) is 23.7 Å². The number of carbonyl (C=O) groups is 1. The van der Waals surface area contributed by atoms with E-state index in [1.807, 2.05) is 18.2 Å². The standard InChI is InChI=1S/C30H36FN7O3/c1-5-30(39)35-24-16-25(27(40-4)17-26(24)37-12-10-36(3)11-13-37)34-28-18-29(33-19-32-28)38-22(9-14-41-38)15-21-7-6-8-23(31)20(21)2/h5-8,16-19,22H,1,9-15H2,2-4H3,(H,35,39)(H,32,33,34)/t22-/m1/s1. The van der Waals surface area contributed by atoms with Crippen LogP contribution in [0.3, 0.4) is 0 Å². The van der Waals surface area contributed by atoms with Gasteiger partial charge in [-0.15, -0.1) is 0 Å². The molecule has 0 unspecified atom stereocenters. The van der Waals surface area contributed by atoms with Crippen LogP contribution in [0.4, 0.5) is 33.1 Å². The molecular formula is C30H36FN7O3. The lowest BCUT2D eigenvalue weighted by Gasteiger charge is -2.35. The summed E-state index contributed by atoms with van der Waals surface area (Å²) in [7, 11) is 3.71. The van der Waals surface area contributed by atoms with E-state index >= 15 is 0 Å². The number of methoxy groups -OCH3 is 1. The predicted molar refractivity (Wildman–Crippen MR) is 159 cm³/mol. The van der Waals surface area contributed by atoms with E-state index in [1.165, 1.54) is 18.5 Å². The molecule has 1 atom stereocenters. The second-order valence-corrected chi connectivity index (χ2v) is 10.3. The first-order valence-electron chi connectivity index (χ1n) is 13.7. The zero-order chi connectivity index (χ0) is 28.9. The monoisotopic (exact) mass is 561 g/mol. The Morgan fingerprint density at radius 3 is 2.76 bits per heavy atom. The highest BCUT2D eigenvalue weighted by molar-refractivity contribution is 6.02. The molecule has 10 nitrogen and oxygen atoms in total. The van der Waals surface area contributed by atoms with Gasteiger partial charge < -0.3 is 25.2 Å². The maximum absolute atomic E-state index is 14.1. The van der Waals surface area contributed by atoms with Gasteiger partial charge in [-0.25, -0.2) is 19.4 Å². The van der Waals surface area contributed by atoms with Crippen molar-refractivity contribution in [3.05, 3.63) is 72.3 Å². The van der Waals surface area contributed by atoms with Crippen molar-refractivity contribution in [3.8, 4) is 5.75 Å². The number of piperazine rings is 1. The molecule has 1 amide bonds. The molecule has 2 fully saturated rings. The third-order valence-corrected chi connectivity index (χ3v) is 7.59. The molecule has 3 heterocycles. The van der Waals surface area contributed by atoms with E-state index in [-0.39, 0.29) is 17.8 Å². The summed E-state index contributed by atoms with van der Waals surface area (Å²) in [5, 5.41) is 8.05. The van der Waals surface area contributed by atoms with Crippen LogP contribution in [0.2, 0.25) is 0 Å². The van der Waals surface area contributed by atoms with Gasteiger partial charge in [0.15, 0.2) is 5.82 Å². The minimum atomic E-state index is -0.299. The van der Waals surface area contributed by atoms with E-state index in [2.05, 4.69) is 44.0 Å². The summed E-state index contributed by atoms with van der Waals surface area (Å²) in [5.41, 5.74) is 3.74. The van der Waals surface area contributed by atoms with Crippen LogP contribution in [0.5, 0.6) is 5.75 Å². The van der Waals surface area contributed by atoms with Gasteiger partial charge in [-0.2, -0.15) is 0 Å². The number of halogens is 1. The lowest BCUT2D eigenvalue weighted by Crippen LogP contribution is -2.44. The summed E-state index contributed by atoms with van der Waals surface area (Å²) < 4.78 is 19.9. The molecular weight excluding hydrogens is 525 g/mol. The number of anilines is 5. The van der Waals surface area contributed by atoms with Crippen LogP contribution < -0.4 is 25.3 Å². The summed E-state index contributed by atoms with van der Waals surface area (Å²) in [4.78, 5) is 31.6. The van der Waals surface area contributed by atoms with Crippen LogP contribution in [0.25, 0.3) is 0 Å². The second-order valence-electron chi connectivity index (χ2n) is 10.3. The van der Waals surface area contributed by atoms with E-state index < -0.39 is 0 Å². The maximum atomic E-state index is 14.1. The Hall–Kier alpha value is -4.22. The topological polar surface area (TPSA) is 95.1 Å². The highest BCUT2D eigenvalue weighted by atomic mass is 19.1. The Labute approximate surface area is 239 Å². The number of ether oxygens (including phenoxy) is 1. The lowest BCUT2D eigenvalue weighted by atomic mass is 9.99. The minimum absolute atomic E-state index is 0.00336. The van der Waals surface area contributed by atoms with Crippen molar-refractivity contribution in [1.29, 1.82) is 0 Å². The molecule has 3 aromatic rings. The van der Waals surface area contributed by atoms with Crippen molar-refractivity contribution >= 4 is 34.6 Å². The van der Waals surface area contributed by atoms with Crippen LogP contribution in [0, 0.1) is 12.7 Å². The van der Waals surface area contributed by atoms with Gasteiger partial charge in [0, 0.05) is 38.3 Å². The molecule has 2 aromatic carbocycles. The molecule has 1 aromatic heterocycles. The molecule has 0 spiro atoms. The summed E-state index contributed by atoms with van der Waals surface area (Å²) in [6.45, 7) is 9.42. The molecule has 216 valence electrons. The molecule has 0 bridgehead atoms. The normalized spacial score (nSPS) is 17.4. The predicted octanol–water partition coefficient (Wildman–Crippen LogP) is 4.31. The molecule has 2 saturated heterocycles. The molecule has 11 heteroatoms. The smallest absolute Gasteiger partial charge is 0.247 e. The van der Waals surface area contributed by atoms with Gasteiger partial charge in [-0.1, -0.05) is 18.7 Å². The van der Waals surface area contributed by atoms with Crippen molar-refractivity contribution < 1.29 is 18.8 Å². The van der Waals surface area contributed by atoms with Gasteiger partial charge >= 0.3 is 0 Å². The van der Waals surface area contributed by atoms with Gasteiger partial charge in [-0.05, 0) is 56.1 Å². The summed E-state index contributed by atoms with van der Waals surface area (Å²) in [6, 6.07) is 10.7. The lowest BCUT2D eigenvalue weighted by molar-refractivity contribution is -0.111. The number of nitrogens with one attached hydrogen (secondary N) is 2. The van der Waals surface area contributed by atoms with E-state index in [4.69, 9.17) is 9.57 Å². The van der Waals surface area contributed by atoms with E-state index in [9.17, 15) is 9.18 Å². The molecule has 2 aliphatic rings. The van der Waals surface area contributed by atoms with Crippen molar-refractivity contribution in [1.82, 2.24) is 14.9 Å². The largest absolute Gasteiger partial charge is 0.494 e. The third kappa shape index (κ3) is 6.41. The Kier molecular flexibility index (Phi) is 8.65. The number of nitrogens with zero attached hydrogens (tertiary/aromatic N) is 5. The molecule has 41 heavy (non-hydrogen) atoms. The number of aromatic nitrogens is 2. The highest BCUT2D eigenvalue weighted by Crippen LogP contribution is 2.39. The van der Waals surface area contributed by atoms with Crippen LogP contribution in [0.1, 0.15) is 17.5 Å². The average molecular weight is 562 g/mol. The van der Waals surface area contributed by atoms with Crippen LogP contribution in [-0.4, -0.2) is 73.8 Å². The summed E-state index contributed by atoms with van der Waals surface area (Å²) in [6.07, 6.45) is 4.13. The van der Waals surface area contributed by atoms with Crippen LogP contribution in [-0.2, 0) is 16.1 Å². The SMILES string of the molecule is C=CC(=O)Nc1cc(Nc2cc(N3OCC[C@@H]3Cc3cccc(F)c3C)ncn2)c(OC)cc1N1CCN(C)CC1. The Morgan fingerprint density at radius 2 is 2.00 bits per heavy atom. The Balaban J connectivity index is 1.40. The van der Waals surface area contributed by atoms with Gasteiger partial charge in [-0.3, -0.25) is 9.63 Å². The molecule has 2 N–H and O–H groups in total. The summed E-state index contributed by atoms with van der Waals surface area (Å²) >= 11 is 0. The quantitative estimate of drug-likeness (QED) is 0.371. The fourth-order valence-electron chi connectivity index (χ4n) is 5.18. The van der Waals surface area contributed by atoms with Crippen molar-refractivity contribution in [2.45, 2.75) is 25.8 Å². The Bertz CT molecular complexity index is 1410. The minimum Gasteiger partial charge on any atom is -0.494 e. The zero-order valence-corrected chi connectivity index (χ0v) is 23.7. The number of carbonyl (C=O) groups excluding carboxylic acids is 1. The molecule has 0 aliphatic carbocycles. The number of benzene rings is 2. The number of rotatable bonds is 9. The van der Waals surface area contributed by atoms with Crippen molar-refractivity contribution in [2.75, 3.05) is 67.5 Å². The molecule has 0 radical (unpaired) electrons. The van der Waals surface area contributed by atoms with E-state index in [0.29, 0.717) is 47.4 Å².